The summed E-state index contributed by atoms with van der Waals surface area (Å²) >= 11 is 0. The van der Waals surface area contributed by atoms with E-state index >= 15 is 0 Å². The summed E-state index contributed by atoms with van der Waals surface area (Å²) in [6.07, 6.45) is 6.87. The number of urea groups is 1. The topological polar surface area (TPSA) is 85.4 Å². The normalized spacial score (nSPS) is 18.9. The number of piperidine rings is 1. The lowest BCUT2D eigenvalue weighted by atomic mass is 9.73. The van der Waals surface area contributed by atoms with Crippen molar-refractivity contribution in [2.45, 2.75) is 51.8 Å². The summed E-state index contributed by atoms with van der Waals surface area (Å²) in [7, 11) is 1.69. The lowest BCUT2D eigenvalue weighted by molar-refractivity contribution is 0.0994. The van der Waals surface area contributed by atoms with Crippen LogP contribution in [0.3, 0.4) is 0 Å². The Hall–Kier alpha value is -2.35. The molecule has 0 aliphatic carbocycles. The number of amides is 2. The minimum Gasteiger partial charge on any atom is -0.467 e. The Balaban J connectivity index is 1.31. The van der Waals surface area contributed by atoms with Gasteiger partial charge in [-0.1, -0.05) is 0 Å². The third-order valence-electron chi connectivity index (χ3n) is 6.03. The molecule has 0 saturated carbocycles. The second-order valence-electron chi connectivity index (χ2n) is 7.59. The molecule has 4 rings (SSSR count). The second-order valence-corrected chi connectivity index (χ2v) is 7.59. The van der Waals surface area contributed by atoms with E-state index in [1.807, 2.05) is 17.0 Å². The van der Waals surface area contributed by atoms with E-state index in [1.165, 1.54) is 0 Å². The van der Waals surface area contributed by atoms with Crippen LogP contribution in [0.4, 0.5) is 4.79 Å². The summed E-state index contributed by atoms with van der Waals surface area (Å²) in [5.74, 6) is 2.76. The molecule has 8 nitrogen and oxygen atoms in total. The van der Waals surface area contributed by atoms with Gasteiger partial charge in [0.05, 0.1) is 12.8 Å². The maximum Gasteiger partial charge on any atom is 0.317 e. The number of ether oxygens (including phenoxy) is 1. The zero-order chi connectivity index (χ0) is 18.7. The minimum absolute atomic E-state index is 0.00520. The molecular weight excluding hydrogens is 346 g/mol. The average molecular weight is 373 g/mol. The van der Waals surface area contributed by atoms with E-state index in [1.54, 1.807) is 13.4 Å². The molecule has 1 spiro atoms. The molecule has 1 N–H and O–H groups in total. The summed E-state index contributed by atoms with van der Waals surface area (Å²) in [4.78, 5) is 14.3. The molecule has 2 aromatic rings. The van der Waals surface area contributed by atoms with E-state index in [0.717, 1.165) is 69.1 Å². The Labute approximate surface area is 158 Å². The van der Waals surface area contributed by atoms with Crippen molar-refractivity contribution < 1.29 is 13.9 Å². The molecule has 1 fully saturated rings. The van der Waals surface area contributed by atoms with Crippen LogP contribution in [-0.2, 0) is 30.9 Å². The first-order chi connectivity index (χ1) is 13.2. The zero-order valence-corrected chi connectivity index (χ0v) is 15.8. The zero-order valence-electron chi connectivity index (χ0n) is 15.8. The number of nitrogens with one attached hydrogen (secondary N) is 1. The Kier molecular flexibility index (Phi) is 5.15. The van der Waals surface area contributed by atoms with Crippen LogP contribution in [0.2, 0.25) is 0 Å². The largest absolute Gasteiger partial charge is 0.467 e. The van der Waals surface area contributed by atoms with Crippen LogP contribution in [0.1, 0.15) is 43.1 Å². The van der Waals surface area contributed by atoms with Crippen LogP contribution < -0.4 is 5.32 Å². The molecule has 2 aliphatic heterocycles. The smallest absolute Gasteiger partial charge is 0.317 e. The van der Waals surface area contributed by atoms with Gasteiger partial charge in [-0.3, -0.25) is 0 Å². The van der Waals surface area contributed by atoms with E-state index in [-0.39, 0.29) is 6.03 Å². The van der Waals surface area contributed by atoms with Gasteiger partial charge in [-0.2, -0.15) is 0 Å². The van der Waals surface area contributed by atoms with Crippen LogP contribution >= 0.6 is 0 Å². The van der Waals surface area contributed by atoms with Gasteiger partial charge >= 0.3 is 6.03 Å². The average Bonchev–Trinajstić information content (AvgIpc) is 3.30. The van der Waals surface area contributed by atoms with Crippen molar-refractivity contribution in [3.63, 3.8) is 0 Å². The Bertz CT molecular complexity index is 762. The van der Waals surface area contributed by atoms with E-state index in [0.29, 0.717) is 18.6 Å². The highest BCUT2D eigenvalue weighted by Crippen LogP contribution is 2.41. The van der Waals surface area contributed by atoms with Crippen LogP contribution in [0.5, 0.6) is 0 Å². The lowest BCUT2D eigenvalue weighted by Crippen LogP contribution is -2.47. The van der Waals surface area contributed by atoms with E-state index < -0.39 is 0 Å². The summed E-state index contributed by atoms with van der Waals surface area (Å²) < 4.78 is 12.7. The van der Waals surface area contributed by atoms with Gasteiger partial charge in [0.25, 0.3) is 0 Å². The Morgan fingerprint density at radius 2 is 2.07 bits per heavy atom. The predicted molar refractivity (Wildman–Crippen MR) is 97.9 cm³/mol. The SMILES string of the molecule is COCc1nnc2n1CCC1(CC2)CCN(C(=O)NCc2ccco2)CC1. The highest BCUT2D eigenvalue weighted by Gasteiger charge is 2.37. The second kappa shape index (κ2) is 7.72. The molecule has 2 amide bonds. The molecule has 2 aromatic heterocycles. The van der Waals surface area contributed by atoms with Crippen molar-refractivity contribution in [1.82, 2.24) is 25.0 Å². The number of methoxy groups -OCH3 is 1. The van der Waals surface area contributed by atoms with Crippen molar-refractivity contribution in [2.24, 2.45) is 5.41 Å². The number of hydrogen-bond donors (Lipinski definition) is 1. The molecule has 0 bridgehead atoms. The van der Waals surface area contributed by atoms with Gasteiger partial charge in [-0.15, -0.1) is 10.2 Å². The van der Waals surface area contributed by atoms with Crippen LogP contribution in [0, 0.1) is 5.41 Å². The summed E-state index contributed by atoms with van der Waals surface area (Å²) in [6.45, 7) is 3.48. The fraction of sp³-hybridized carbons (Fsp3) is 0.632. The maximum absolute atomic E-state index is 12.4. The van der Waals surface area contributed by atoms with Gasteiger partial charge in [0.1, 0.15) is 18.2 Å². The summed E-state index contributed by atoms with van der Waals surface area (Å²) in [6, 6.07) is 3.69. The molecule has 4 heterocycles. The first-order valence-corrected chi connectivity index (χ1v) is 9.64. The van der Waals surface area contributed by atoms with Crippen molar-refractivity contribution in [2.75, 3.05) is 20.2 Å². The van der Waals surface area contributed by atoms with Crippen LogP contribution in [0.15, 0.2) is 22.8 Å². The Morgan fingerprint density at radius 1 is 1.26 bits per heavy atom. The number of carbonyl (C=O) groups excluding carboxylic acids is 1. The minimum atomic E-state index is -0.00520. The predicted octanol–water partition coefficient (Wildman–Crippen LogP) is 2.35. The number of rotatable bonds is 4. The molecule has 0 radical (unpaired) electrons. The standard InChI is InChI=1S/C19H27N5O3/c1-26-14-17-22-21-16-4-5-19(8-11-24(16)17)6-9-23(10-7-19)18(25)20-13-15-3-2-12-27-15/h2-3,12H,4-11,13-14H2,1H3,(H,20,25). The number of carbonyl (C=O) groups is 1. The van der Waals surface area contributed by atoms with Crippen molar-refractivity contribution in [3.05, 3.63) is 35.8 Å². The molecule has 1 saturated heterocycles. The van der Waals surface area contributed by atoms with Gasteiger partial charge in [0, 0.05) is 33.2 Å². The third-order valence-corrected chi connectivity index (χ3v) is 6.03. The highest BCUT2D eigenvalue weighted by molar-refractivity contribution is 5.74. The van der Waals surface area contributed by atoms with Crippen molar-refractivity contribution >= 4 is 6.03 Å². The van der Waals surface area contributed by atoms with Crippen LogP contribution in [0.25, 0.3) is 0 Å². The third kappa shape index (κ3) is 3.85. The van der Waals surface area contributed by atoms with Gasteiger partial charge in [0.15, 0.2) is 5.82 Å². The molecule has 0 atom stereocenters. The number of aryl methyl sites for hydroxylation is 1. The fourth-order valence-electron chi connectivity index (χ4n) is 4.27. The molecule has 0 unspecified atom stereocenters. The van der Waals surface area contributed by atoms with Gasteiger partial charge < -0.3 is 23.9 Å². The number of nitrogens with zero attached hydrogens (tertiary/aromatic N) is 4. The number of fused-ring (bicyclic) bond motifs is 1. The number of hydrogen-bond acceptors (Lipinski definition) is 5. The van der Waals surface area contributed by atoms with Gasteiger partial charge in [-0.25, -0.2) is 4.79 Å². The molecule has 27 heavy (non-hydrogen) atoms. The number of aromatic nitrogens is 3. The highest BCUT2D eigenvalue weighted by atomic mass is 16.5. The molecule has 2 aliphatic rings. The molecule has 146 valence electrons. The first kappa shape index (κ1) is 18.0. The lowest BCUT2D eigenvalue weighted by Gasteiger charge is -2.41. The van der Waals surface area contributed by atoms with Crippen molar-refractivity contribution in [1.29, 1.82) is 0 Å². The Morgan fingerprint density at radius 3 is 2.81 bits per heavy atom. The maximum atomic E-state index is 12.4. The molecular formula is C19H27N5O3. The first-order valence-electron chi connectivity index (χ1n) is 9.64. The summed E-state index contributed by atoms with van der Waals surface area (Å²) in [5.41, 5.74) is 0.294. The fourth-order valence-corrected chi connectivity index (χ4v) is 4.27. The van der Waals surface area contributed by atoms with Crippen LogP contribution in [-0.4, -0.2) is 45.9 Å². The monoisotopic (exact) mass is 373 g/mol. The molecule has 8 heteroatoms. The van der Waals surface area contributed by atoms with E-state index in [2.05, 4.69) is 20.1 Å². The van der Waals surface area contributed by atoms with E-state index in [4.69, 9.17) is 9.15 Å². The van der Waals surface area contributed by atoms with Gasteiger partial charge in [0.2, 0.25) is 0 Å². The molecule has 0 aromatic carbocycles. The van der Waals surface area contributed by atoms with Crippen molar-refractivity contribution in [3.8, 4) is 0 Å². The quantitative estimate of drug-likeness (QED) is 0.889. The van der Waals surface area contributed by atoms with E-state index in [9.17, 15) is 4.79 Å². The number of likely N-dealkylation sites (tertiary alicyclic amines) is 1. The number of furan rings is 1. The summed E-state index contributed by atoms with van der Waals surface area (Å²) in [5, 5.41) is 11.6. The van der Waals surface area contributed by atoms with Gasteiger partial charge in [-0.05, 0) is 43.2 Å².